The second-order valence-electron chi connectivity index (χ2n) is 9.88. The minimum Gasteiger partial charge on any atom is -0.496 e. The fraction of sp³-hybridized carbons (Fsp3) is 0.357. The Morgan fingerprint density at radius 1 is 0.971 bits per heavy atom. The highest BCUT2D eigenvalue weighted by Gasteiger charge is 2.41. The highest BCUT2D eigenvalue weighted by Crippen LogP contribution is 2.46. The summed E-state index contributed by atoms with van der Waals surface area (Å²) in [5, 5.41) is 4.15. The zero-order chi connectivity index (χ0) is 24.1. The normalized spacial score (nSPS) is 23.5. The predicted octanol–water partition coefficient (Wildman–Crippen LogP) is 6.82. The Balaban J connectivity index is 1.49. The summed E-state index contributed by atoms with van der Waals surface area (Å²) in [5.74, 6) is 2.47. The number of H-pyrrole nitrogens is 1. The van der Waals surface area contributed by atoms with Crippen molar-refractivity contribution in [3.05, 3.63) is 60.3 Å². The summed E-state index contributed by atoms with van der Waals surface area (Å²) in [5.41, 5.74) is 2.31. The fourth-order valence-electron chi connectivity index (χ4n) is 6.15. The van der Waals surface area contributed by atoms with Crippen LogP contribution >= 0.6 is 0 Å². The molecule has 0 aliphatic heterocycles. The molecule has 3 fully saturated rings. The molecule has 35 heavy (non-hydrogen) atoms. The Morgan fingerprint density at radius 3 is 2.51 bits per heavy atom. The first kappa shape index (κ1) is 22.0. The molecule has 3 aliphatic carbocycles. The number of hydrogen-bond donors (Lipinski definition) is 2. The van der Waals surface area contributed by atoms with Crippen LogP contribution < -0.4 is 10.1 Å². The summed E-state index contributed by atoms with van der Waals surface area (Å²) < 4.78 is 34.1. The molecule has 0 saturated heterocycles. The van der Waals surface area contributed by atoms with Crippen LogP contribution in [0.1, 0.15) is 32.6 Å². The first-order chi connectivity index (χ1) is 17.0. The Hall–Kier alpha value is -3.48. The van der Waals surface area contributed by atoms with Crippen LogP contribution in [0.15, 0.2) is 48.7 Å². The van der Waals surface area contributed by atoms with Crippen molar-refractivity contribution in [2.45, 2.75) is 38.6 Å². The summed E-state index contributed by atoms with van der Waals surface area (Å²) in [6, 6.07) is 12.2. The molecule has 0 amide bonds. The third-order valence-electron chi connectivity index (χ3n) is 8.00. The quantitative estimate of drug-likeness (QED) is 0.333. The van der Waals surface area contributed by atoms with Gasteiger partial charge in [0.2, 0.25) is 0 Å². The first-order valence-corrected chi connectivity index (χ1v) is 12.3. The van der Waals surface area contributed by atoms with Crippen LogP contribution in [-0.4, -0.2) is 28.1 Å². The largest absolute Gasteiger partial charge is 0.496 e. The molecule has 7 heteroatoms. The van der Waals surface area contributed by atoms with E-state index in [1.165, 1.54) is 31.7 Å². The lowest BCUT2D eigenvalue weighted by atomic mass is 9.62. The van der Waals surface area contributed by atoms with E-state index < -0.39 is 11.6 Å². The van der Waals surface area contributed by atoms with E-state index in [0.717, 1.165) is 17.5 Å². The second kappa shape index (κ2) is 8.63. The zero-order valence-corrected chi connectivity index (χ0v) is 19.8. The number of fused-ring (bicyclic) bond motifs is 4. The van der Waals surface area contributed by atoms with Gasteiger partial charge in [0.25, 0.3) is 0 Å². The molecule has 2 aromatic carbocycles. The van der Waals surface area contributed by atoms with Crippen molar-refractivity contribution in [2.24, 2.45) is 17.8 Å². The van der Waals surface area contributed by atoms with Crippen LogP contribution in [0.2, 0.25) is 0 Å². The lowest BCUT2D eigenvalue weighted by Gasteiger charge is -2.47. The van der Waals surface area contributed by atoms with Crippen LogP contribution in [0, 0.1) is 29.4 Å². The molecule has 7 rings (SSSR count). The summed E-state index contributed by atoms with van der Waals surface area (Å²) in [6.45, 7) is 2.34. The smallest absolute Gasteiger partial charge is 0.164 e. The Labute approximate surface area is 203 Å². The molecular formula is C28H28F2N4O. The van der Waals surface area contributed by atoms with Gasteiger partial charge in [0.1, 0.15) is 23.2 Å². The van der Waals surface area contributed by atoms with E-state index in [-0.39, 0.29) is 5.52 Å². The van der Waals surface area contributed by atoms with Crippen molar-refractivity contribution in [3.63, 3.8) is 0 Å². The number of benzene rings is 2. The van der Waals surface area contributed by atoms with Gasteiger partial charge in [-0.1, -0.05) is 19.1 Å². The number of aromatic nitrogens is 3. The number of ether oxygens (including phenoxy) is 1. The number of aromatic amines is 1. The summed E-state index contributed by atoms with van der Waals surface area (Å²) in [4.78, 5) is 12.6. The van der Waals surface area contributed by atoms with Gasteiger partial charge in [-0.05, 0) is 61.6 Å². The van der Waals surface area contributed by atoms with E-state index in [4.69, 9.17) is 14.7 Å². The Morgan fingerprint density at radius 2 is 1.74 bits per heavy atom. The predicted molar refractivity (Wildman–Crippen MR) is 133 cm³/mol. The third-order valence-corrected chi connectivity index (χ3v) is 8.00. The molecule has 2 aromatic heterocycles. The maximum absolute atomic E-state index is 14.4. The number of para-hydroxylation sites is 1. The molecule has 3 saturated carbocycles. The van der Waals surface area contributed by atoms with Gasteiger partial charge in [0, 0.05) is 40.9 Å². The van der Waals surface area contributed by atoms with Crippen LogP contribution in [0.4, 0.5) is 14.6 Å². The Bertz CT molecular complexity index is 1390. The molecule has 5 nitrogen and oxygen atoms in total. The number of halogens is 2. The lowest BCUT2D eigenvalue weighted by Crippen LogP contribution is -2.47. The minimum atomic E-state index is -0.641. The SMILES string of the molecule is COc1ccccc1-c1cc(N[C@H]2C3CCC(CC3)[C@@H]2C)nc(-c2c[nH]c3c(F)cc(F)cc23)n1. The minimum absolute atomic E-state index is 0.236. The molecule has 0 unspecified atom stereocenters. The van der Waals surface area contributed by atoms with Crippen molar-refractivity contribution in [3.8, 4) is 28.4 Å². The van der Waals surface area contributed by atoms with E-state index in [9.17, 15) is 8.78 Å². The van der Waals surface area contributed by atoms with Gasteiger partial charge in [0.05, 0.1) is 18.3 Å². The molecule has 0 radical (unpaired) electrons. The summed E-state index contributed by atoms with van der Waals surface area (Å²) in [6.07, 6.45) is 6.73. The number of nitrogens with one attached hydrogen (secondary N) is 2. The maximum Gasteiger partial charge on any atom is 0.164 e. The molecule has 2 N–H and O–H groups in total. The zero-order valence-electron chi connectivity index (χ0n) is 19.8. The van der Waals surface area contributed by atoms with Crippen molar-refractivity contribution >= 4 is 16.7 Å². The van der Waals surface area contributed by atoms with E-state index in [1.807, 2.05) is 30.3 Å². The van der Waals surface area contributed by atoms with Gasteiger partial charge in [0.15, 0.2) is 5.82 Å². The summed E-state index contributed by atoms with van der Waals surface area (Å²) >= 11 is 0. The van der Waals surface area contributed by atoms with Crippen LogP contribution in [0.5, 0.6) is 5.75 Å². The van der Waals surface area contributed by atoms with Gasteiger partial charge >= 0.3 is 0 Å². The number of rotatable bonds is 5. The third kappa shape index (κ3) is 3.83. The average Bonchev–Trinajstić information content (AvgIpc) is 3.30. The van der Waals surface area contributed by atoms with E-state index in [1.54, 1.807) is 13.3 Å². The molecule has 4 aromatic rings. The van der Waals surface area contributed by atoms with Gasteiger partial charge in [-0.25, -0.2) is 18.7 Å². The van der Waals surface area contributed by atoms with E-state index in [0.29, 0.717) is 51.9 Å². The monoisotopic (exact) mass is 474 g/mol. The van der Waals surface area contributed by atoms with Crippen molar-refractivity contribution in [1.29, 1.82) is 0 Å². The van der Waals surface area contributed by atoms with Gasteiger partial charge < -0.3 is 15.0 Å². The number of hydrogen-bond acceptors (Lipinski definition) is 4. The highest BCUT2D eigenvalue weighted by molar-refractivity contribution is 5.94. The molecule has 2 bridgehead atoms. The maximum atomic E-state index is 14.4. The summed E-state index contributed by atoms with van der Waals surface area (Å²) in [7, 11) is 1.63. The average molecular weight is 475 g/mol. The van der Waals surface area contributed by atoms with Gasteiger partial charge in [-0.15, -0.1) is 0 Å². The number of methoxy groups -OCH3 is 1. The highest BCUT2D eigenvalue weighted by atomic mass is 19.1. The Kier molecular flexibility index (Phi) is 5.43. The number of nitrogens with zero attached hydrogens (tertiary/aromatic N) is 2. The molecule has 2 heterocycles. The van der Waals surface area contributed by atoms with Crippen molar-refractivity contribution < 1.29 is 13.5 Å². The second-order valence-corrected chi connectivity index (χ2v) is 9.88. The van der Waals surface area contributed by atoms with Crippen molar-refractivity contribution in [2.75, 3.05) is 12.4 Å². The lowest BCUT2D eigenvalue weighted by molar-refractivity contribution is 0.0928. The van der Waals surface area contributed by atoms with Gasteiger partial charge in [-0.3, -0.25) is 0 Å². The fourth-order valence-corrected chi connectivity index (χ4v) is 6.15. The van der Waals surface area contributed by atoms with Crippen LogP contribution in [0.25, 0.3) is 33.5 Å². The van der Waals surface area contributed by atoms with Crippen LogP contribution in [0.3, 0.4) is 0 Å². The number of anilines is 1. The van der Waals surface area contributed by atoms with Crippen molar-refractivity contribution in [1.82, 2.24) is 15.0 Å². The molecule has 180 valence electrons. The standard InChI is InChI=1S/C28H28F2N4O/c1-15-16-7-9-17(10-8-16)26(15)33-25-13-23(19-5-3-4-6-24(19)35-2)32-28(34-25)21-14-31-27-20(21)11-18(29)12-22(27)30/h3-6,11-17,26,31H,7-10H2,1-2H3,(H,32,33,34)/t15-,16?,17?,26+/m0/s1. The molecule has 0 spiro atoms. The topological polar surface area (TPSA) is 62.8 Å². The van der Waals surface area contributed by atoms with Crippen LogP contribution in [-0.2, 0) is 0 Å². The van der Waals surface area contributed by atoms with E-state index in [2.05, 4.69) is 17.2 Å². The van der Waals surface area contributed by atoms with E-state index >= 15 is 0 Å². The first-order valence-electron chi connectivity index (χ1n) is 12.3. The molecule has 3 aliphatic rings. The van der Waals surface area contributed by atoms with Gasteiger partial charge in [-0.2, -0.15) is 0 Å². The molecular weight excluding hydrogens is 446 g/mol. The molecule has 2 atom stereocenters.